The van der Waals surface area contributed by atoms with Crippen LogP contribution in [-0.2, 0) is 0 Å². The van der Waals surface area contributed by atoms with Gasteiger partial charge in [0.1, 0.15) is 9.42 Å². The van der Waals surface area contributed by atoms with E-state index in [9.17, 15) is 4.79 Å². The molecule has 0 saturated heterocycles. The van der Waals surface area contributed by atoms with Crippen molar-refractivity contribution in [3.8, 4) is 0 Å². The van der Waals surface area contributed by atoms with Gasteiger partial charge in [-0.1, -0.05) is 46.2 Å². The Morgan fingerprint density at radius 1 is 1.00 bits per heavy atom. The van der Waals surface area contributed by atoms with E-state index >= 15 is 0 Å². The molecule has 2 atom stereocenters. The summed E-state index contributed by atoms with van der Waals surface area (Å²) in [6, 6.07) is 0. The molecule has 1 aliphatic rings. The van der Waals surface area contributed by atoms with Gasteiger partial charge >= 0.3 is 0 Å². The smallest absolute Gasteiger partial charge is 0.265 e. The lowest BCUT2D eigenvalue weighted by Gasteiger charge is -2.19. The second-order valence-electron chi connectivity index (χ2n) is 1.97. The molecule has 0 radical (unpaired) electrons. The molecule has 0 spiro atoms. The van der Waals surface area contributed by atoms with Crippen molar-refractivity contribution in [3.05, 3.63) is 8.85 Å². The van der Waals surface area contributed by atoms with Gasteiger partial charge in [0.25, 0.3) is 4.06 Å². The third kappa shape index (κ3) is 1.81. The van der Waals surface area contributed by atoms with E-state index in [1.54, 1.807) is 0 Å². The largest absolute Gasteiger partial charge is 0.289 e. The van der Waals surface area contributed by atoms with Crippen LogP contribution in [0.3, 0.4) is 0 Å². The Kier molecular flexibility index (Phi) is 2.99. The third-order valence-electron chi connectivity index (χ3n) is 1.16. The molecule has 0 saturated carbocycles. The molecule has 0 aromatic carbocycles. The van der Waals surface area contributed by atoms with Crippen LogP contribution in [-0.4, -0.2) is 9.42 Å². The molecule has 0 aliphatic carbocycles. The lowest BCUT2D eigenvalue weighted by atomic mass is 10.9. The summed E-state index contributed by atoms with van der Waals surface area (Å²) in [6.07, 6.45) is 0. The fourth-order valence-electron chi connectivity index (χ4n) is 0.711. The van der Waals surface area contributed by atoms with Gasteiger partial charge < -0.3 is 0 Å². The zero-order chi connectivity index (χ0) is 8.72. The Morgan fingerprint density at radius 2 is 1.42 bits per heavy atom. The molecule has 0 bridgehead atoms. The van der Waals surface area contributed by atoms with Gasteiger partial charge in [-0.05, 0) is 0 Å². The van der Waals surface area contributed by atoms with Crippen LogP contribution in [0, 0.1) is 0 Å². The van der Waals surface area contributed by atoms with Crippen molar-refractivity contribution in [1.82, 2.24) is 0 Å². The van der Waals surface area contributed by atoms with Gasteiger partial charge in [0.2, 0.25) is 0 Å². The van der Waals surface area contributed by atoms with Crippen LogP contribution in [0.4, 0.5) is 0 Å². The molecule has 1 aromatic rings. The summed E-state index contributed by atoms with van der Waals surface area (Å²) in [5.74, 6) is 0. The maximum absolute atomic E-state index is 11.0. The zero-order valence-electron chi connectivity index (χ0n) is 5.45. The highest BCUT2D eigenvalue weighted by molar-refractivity contribution is 8.10. The molecule has 2 rings (SSSR count). The van der Waals surface area contributed by atoms with Crippen LogP contribution in [0.1, 0.15) is 0 Å². The third-order valence-corrected chi connectivity index (χ3v) is 7.84. The Labute approximate surface area is 95.5 Å². The minimum absolute atomic E-state index is 0.120. The van der Waals surface area contributed by atoms with E-state index in [4.69, 9.17) is 23.2 Å². The second-order valence-corrected chi connectivity index (χ2v) is 8.47. The van der Waals surface area contributed by atoms with E-state index in [1.807, 2.05) is 0 Å². The fourth-order valence-corrected chi connectivity index (χ4v) is 7.01. The van der Waals surface area contributed by atoms with E-state index in [0.29, 0.717) is 0 Å². The Balaban J connectivity index is 2.39. The standard InChI is InChI=1S/C5H2Cl2OS4/c6-1-2(7)10-4-3(9-1)11-5(8)12-4/h1-2H. The average Bonchev–Trinajstić information content (AvgIpc) is 2.30. The van der Waals surface area contributed by atoms with Crippen molar-refractivity contribution in [2.45, 2.75) is 17.8 Å². The number of rotatable bonds is 0. The number of hydrogen-bond donors (Lipinski definition) is 0. The van der Waals surface area contributed by atoms with Crippen LogP contribution in [0.2, 0.25) is 0 Å². The quantitative estimate of drug-likeness (QED) is 0.676. The Bertz CT molecular complexity index is 315. The van der Waals surface area contributed by atoms with E-state index in [1.165, 1.54) is 46.2 Å². The van der Waals surface area contributed by atoms with Gasteiger partial charge in [-0.25, -0.2) is 0 Å². The summed E-state index contributed by atoms with van der Waals surface area (Å²) in [5, 5.41) is 0. The number of hydrogen-bond acceptors (Lipinski definition) is 5. The highest BCUT2D eigenvalue weighted by Gasteiger charge is 2.29. The number of fused-ring (bicyclic) bond motifs is 1. The highest BCUT2D eigenvalue weighted by atomic mass is 35.5. The summed E-state index contributed by atoms with van der Waals surface area (Å²) in [6.45, 7) is 0. The molecule has 12 heavy (non-hydrogen) atoms. The van der Waals surface area contributed by atoms with Crippen molar-refractivity contribution < 1.29 is 0 Å². The van der Waals surface area contributed by atoms with Crippen molar-refractivity contribution >= 4 is 69.4 Å². The predicted molar refractivity (Wildman–Crippen MR) is 59.5 cm³/mol. The summed E-state index contributed by atoms with van der Waals surface area (Å²) >= 11 is 17.3. The van der Waals surface area contributed by atoms with Crippen molar-refractivity contribution in [2.75, 3.05) is 0 Å². The molecule has 66 valence electrons. The van der Waals surface area contributed by atoms with Crippen LogP contribution >= 0.6 is 69.4 Å². The summed E-state index contributed by atoms with van der Waals surface area (Å²) in [5.41, 5.74) is 0. The van der Waals surface area contributed by atoms with Gasteiger partial charge in [-0.15, -0.1) is 23.2 Å². The van der Waals surface area contributed by atoms with Crippen LogP contribution in [0.15, 0.2) is 13.2 Å². The zero-order valence-corrected chi connectivity index (χ0v) is 10.2. The van der Waals surface area contributed by atoms with Gasteiger partial charge in [0, 0.05) is 0 Å². The monoisotopic (exact) mass is 276 g/mol. The average molecular weight is 277 g/mol. The van der Waals surface area contributed by atoms with E-state index < -0.39 is 0 Å². The maximum Gasteiger partial charge on any atom is 0.289 e. The molecule has 1 aliphatic heterocycles. The van der Waals surface area contributed by atoms with Gasteiger partial charge in [0.15, 0.2) is 0 Å². The summed E-state index contributed by atoms with van der Waals surface area (Å²) in [7, 11) is 0. The molecule has 0 amide bonds. The predicted octanol–water partition coefficient (Wildman–Crippen LogP) is 3.50. The second kappa shape index (κ2) is 3.71. The lowest BCUT2D eigenvalue weighted by Crippen LogP contribution is -2.09. The number of thioether (sulfide) groups is 2. The molecule has 0 N–H and O–H groups in total. The van der Waals surface area contributed by atoms with Crippen LogP contribution in [0.25, 0.3) is 0 Å². The first-order chi connectivity index (χ1) is 5.66. The van der Waals surface area contributed by atoms with Gasteiger partial charge in [0.05, 0.1) is 8.42 Å². The Morgan fingerprint density at radius 3 is 1.83 bits per heavy atom. The summed E-state index contributed by atoms with van der Waals surface area (Å²) < 4.78 is 1.90. The fraction of sp³-hybridized carbons (Fsp3) is 0.400. The minimum Gasteiger partial charge on any atom is -0.265 e. The first-order valence-corrected chi connectivity index (χ1v) is 7.19. The van der Waals surface area contributed by atoms with Crippen molar-refractivity contribution in [3.63, 3.8) is 0 Å². The molecular formula is C5H2Cl2OS4. The minimum atomic E-state index is -0.130. The van der Waals surface area contributed by atoms with Gasteiger partial charge in [-0.3, -0.25) is 4.79 Å². The molecule has 2 unspecified atom stereocenters. The van der Waals surface area contributed by atoms with Crippen molar-refractivity contribution in [1.29, 1.82) is 0 Å². The molecule has 0 fully saturated rings. The number of alkyl halides is 2. The normalized spacial score (nSPS) is 28.5. The first-order valence-electron chi connectivity index (χ1n) is 2.92. The van der Waals surface area contributed by atoms with E-state index in [2.05, 4.69) is 0 Å². The van der Waals surface area contributed by atoms with Crippen LogP contribution in [0.5, 0.6) is 0 Å². The van der Waals surface area contributed by atoms with Gasteiger partial charge in [-0.2, -0.15) is 0 Å². The molecule has 7 heteroatoms. The lowest BCUT2D eigenvalue weighted by molar-refractivity contribution is 1.27. The highest BCUT2D eigenvalue weighted by Crippen LogP contribution is 2.50. The summed E-state index contributed by atoms with van der Waals surface area (Å²) in [4.78, 5) is 11.0. The number of halogens is 2. The first kappa shape index (κ1) is 9.68. The van der Waals surface area contributed by atoms with E-state index in [-0.39, 0.29) is 13.5 Å². The van der Waals surface area contributed by atoms with Crippen molar-refractivity contribution in [2.24, 2.45) is 0 Å². The Hall–Kier alpha value is 1.13. The maximum atomic E-state index is 11.0. The van der Waals surface area contributed by atoms with Crippen LogP contribution < -0.4 is 4.06 Å². The molecule has 1 aromatic heterocycles. The molecular weight excluding hydrogens is 275 g/mol. The van der Waals surface area contributed by atoms with E-state index in [0.717, 1.165) is 8.42 Å². The topological polar surface area (TPSA) is 17.1 Å². The molecule has 2 heterocycles. The SMILES string of the molecule is O=c1sc2c(s1)SC(Cl)C(Cl)S2. The molecule has 1 nitrogen and oxygen atoms in total.